The number of hydrogen-bond donors (Lipinski definition) is 2. The van der Waals surface area contributed by atoms with Gasteiger partial charge in [0.25, 0.3) is 0 Å². The van der Waals surface area contributed by atoms with Crippen LogP contribution in [0.25, 0.3) is 0 Å². The highest BCUT2D eigenvalue weighted by Gasteiger charge is 2.32. The first-order valence-corrected chi connectivity index (χ1v) is 9.21. The van der Waals surface area contributed by atoms with Crippen LogP contribution in [0.4, 0.5) is 5.69 Å². The van der Waals surface area contributed by atoms with Gasteiger partial charge >= 0.3 is 0 Å². The number of rotatable bonds is 6. The molecule has 3 atom stereocenters. The van der Waals surface area contributed by atoms with E-state index in [2.05, 4.69) is 38.2 Å². The van der Waals surface area contributed by atoms with Crippen molar-refractivity contribution in [3.8, 4) is 0 Å². The van der Waals surface area contributed by atoms with E-state index < -0.39 is 0 Å². The molecule has 4 heteroatoms. The van der Waals surface area contributed by atoms with Crippen molar-refractivity contribution < 1.29 is 4.79 Å². The Hall–Kier alpha value is -1.00. The lowest BCUT2D eigenvalue weighted by Gasteiger charge is -2.18. The molecule has 3 N–H and O–H groups in total. The summed E-state index contributed by atoms with van der Waals surface area (Å²) in [6.07, 6.45) is 4.32. The lowest BCUT2D eigenvalue weighted by molar-refractivity contribution is -0.120. The van der Waals surface area contributed by atoms with Crippen molar-refractivity contribution in [2.45, 2.75) is 56.6 Å². The topological polar surface area (TPSA) is 55.1 Å². The van der Waals surface area contributed by atoms with Crippen molar-refractivity contribution in [1.82, 2.24) is 0 Å². The summed E-state index contributed by atoms with van der Waals surface area (Å²) < 4.78 is 0. The molecule has 2 rings (SSSR count). The van der Waals surface area contributed by atoms with Crippen LogP contribution in [0, 0.1) is 18.8 Å². The van der Waals surface area contributed by atoms with Gasteiger partial charge in [-0.05, 0) is 62.4 Å². The fraction of sp³-hybridized carbons (Fsp3) is 0.611. The van der Waals surface area contributed by atoms with E-state index in [0.29, 0.717) is 17.7 Å². The number of nitrogens with two attached hydrogens (primary N) is 1. The molecule has 1 aromatic rings. The molecule has 1 fully saturated rings. The molecule has 0 radical (unpaired) electrons. The molecule has 0 heterocycles. The van der Waals surface area contributed by atoms with Crippen LogP contribution in [0.5, 0.6) is 0 Å². The SMILES string of the molecule is CCC(C)Sc1ccc(NC(=O)[C@@H]2CCC[C@@H]2CN)c(C)c1. The van der Waals surface area contributed by atoms with E-state index in [1.165, 1.54) is 4.90 Å². The first kappa shape index (κ1) is 17.4. The number of aryl methyl sites for hydroxylation is 1. The highest BCUT2D eigenvalue weighted by atomic mass is 32.2. The van der Waals surface area contributed by atoms with Crippen LogP contribution in [0.3, 0.4) is 0 Å². The summed E-state index contributed by atoms with van der Waals surface area (Å²) in [4.78, 5) is 13.7. The molecule has 122 valence electrons. The summed E-state index contributed by atoms with van der Waals surface area (Å²) in [6, 6.07) is 6.31. The Balaban J connectivity index is 2.02. The quantitative estimate of drug-likeness (QED) is 0.772. The third-order valence-electron chi connectivity index (χ3n) is 4.67. The average Bonchev–Trinajstić information content (AvgIpc) is 2.98. The minimum Gasteiger partial charge on any atom is -0.330 e. The maximum absolute atomic E-state index is 12.5. The highest BCUT2D eigenvalue weighted by molar-refractivity contribution is 7.99. The first-order valence-electron chi connectivity index (χ1n) is 8.33. The summed E-state index contributed by atoms with van der Waals surface area (Å²) in [5.74, 6) is 0.567. The van der Waals surface area contributed by atoms with Gasteiger partial charge in [0, 0.05) is 21.8 Å². The second kappa shape index (κ2) is 8.02. The molecular formula is C18H28N2OS. The van der Waals surface area contributed by atoms with Crippen molar-refractivity contribution >= 4 is 23.4 Å². The Morgan fingerprint density at radius 2 is 2.23 bits per heavy atom. The number of thioether (sulfide) groups is 1. The molecule has 0 aliphatic heterocycles. The van der Waals surface area contributed by atoms with E-state index in [0.717, 1.165) is 36.9 Å². The van der Waals surface area contributed by atoms with Crippen LogP contribution in [0.1, 0.15) is 45.1 Å². The van der Waals surface area contributed by atoms with Crippen molar-refractivity contribution in [2.24, 2.45) is 17.6 Å². The molecule has 1 amide bonds. The van der Waals surface area contributed by atoms with E-state index in [-0.39, 0.29) is 11.8 Å². The Bertz CT molecular complexity index is 518. The molecule has 3 nitrogen and oxygen atoms in total. The molecule has 1 aromatic carbocycles. The molecule has 1 aliphatic carbocycles. The van der Waals surface area contributed by atoms with E-state index in [1.54, 1.807) is 0 Å². The van der Waals surface area contributed by atoms with Crippen LogP contribution < -0.4 is 11.1 Å². The second-order valence-corrected chi connectivity index (χ2v) is 7.85. The van der Waals surface area contributed by atoms with E-state index in [4.69, 9.17) is 5.73 Å². The fourth-order valence-corrected chi connectivity index (χ4v) is 4.08. The number of hydrogen-bond acceptors (Lipinski definition) is 3. The van der Waals surface area contributed by atoms with Gasteiger partial charge in [-0.3, -0.25) is 4.79 Å². The second-order valence-electron chi connectivity index (χ2n) is 6.34. The molecule has 0 aromatic heterocycles. The van der Waals surface area contributed by atoms with E-state index in [9.17, 15) is 4.79 Å². The predicted molar refractivity (Wildman–Crippen MR) is 95.3 cm³/mol. The van der Waals surface area contributed by atoms with Crippen molar-refractivity contribution in [2.75, 3.05) is 11.9 Å². The average molecular weight is 321 g/mol. The zero-order valence-electron chi connectivity index (χ0n) is 13.9. The third kappa shape index (κ3) is 4.26. The minimum atomic E-state index is 0.0820. The zero-order valence-corrected chi connectivity index (χ0v) is 14.7. The number of amides is 1. The standard InChI is InChI=1S/C18H28N2OS/c1-4-13(3)22-15-8-9-17(12(2)10-15)20-18(21)16-7-5-6-14(16)11-19/h8-10,13-14,16H,4-7,11,19H2,1-3H3,(H,20,21)/t13?,14-,16-/m1/s1. The van der Waals surface area contributed by atoms with Crippen LogP contribution >= 0.6 is 11.8 Å². The van der Waals surface area contributed by atoms with Gasteiger partial charge in [0.2, 0.25) is 5.91 Å². The van der Waals surface area contributed by atoms with Gasteiger partial charge in [-0.2, -0.15) is 0 Å². The minimum absolute atomic E-state index is 0.0820. The van der Waals surface area contributed by atoms with Crippen LogP contribution in [0.2, 0.25) is 0 Å². The van der Waals surface area contributed by atoms with Crippen molar-refractivity contribution in [3.05, 3.63) is 23.8 Å². The largest absolute Gasteiger partial charge is 0.330 e. The van der Waals surface area contributed by atoms with Gasteiger partial charge < -0.3 is 11.1 Å². The molecule has 0 spiro atoms. The molecule has 1 unspecified atom stereocenters. The maximum atomic E-state index is 12.5. The third-order valence-corrected chi connectivity index (χ3v) is 5.93. The molecule has 1 saturated carbocycles. The molecule has 22 heavy (non-hydrogen) atoms. The summed E-state index contributed by atoms with van der Waals surface area (Å²) in [7, 11) is 0. The van der Waals surface area contributed by atoms with Crippen molar-refractivity contribution in [3.63, 3.8) is 0 Å². The summed E-state index contributed by atoms with van der Waals surface area (Å²) >= 11 is 1.89. The zero-order chi connectivity index (χ0) is 16.1. The van der Waals surface area contributed by atoms with Gasteiger partial charge in [-0.25, -0.2) is 0 Å². The summed E-state index contributed by atoms with van der Waals surface area (Å²) in [5.41, 5.74) is 7.84. The van der Waals surface area contributed by atoms with Crippen LogP contribution in [-0.2, 0) is 4.79 Å². The van der Waals surface area contributed by atoms with Gasteiger partial charge in [-0.15, -0.1) is 11.8 Å². The smallest absolute Gasteiger partial charge is 0.227 e. The maximum Gasteiger partial charge on any atom is 0.227 e. The van der Waals surface area contributed by atoms with Gasteiger partial charge in [0.15, 0.2) is 0 Å². The lowest BCUT2D eigenvalue weighted by Crippen LogP contribution is -2.29. The van der Waals surface area contributed by atoms with Crippen LogP contribution in [-0.4, -0.2) is 17.7 Å². The van der Waals surface area contributed by atoms with Crippen molar-refractivity contribution in [1.29, 1.82) is 0 Å². The monoisotopic (exact) mass is 320 g/mol. The first-order chi connectivity index (χ1) is 10.5. The highest BCUT2D eigenvalue weighted by Crippen LogP contribution is 2.33. The number of carbonyl (C=O) groups is 1. The Morgan fingerprint density at radius 3 is 2.86 bits per heavy atom. The normalized spacial score (nSPS) is 22.5. The molecular weight excluding hydrogens is 292 g/mol. The number of carbonyl (C=O) groups excluding carboxylic acids is 1. The van der Waals surface area contributed by atoms with Crippen LogP contribution in [0.15, 0.2) is 23.1 Å². The van der Waals surface area contributed by atoms with Gasteiger partial charge in [0.1, 0.15) is 0 Å². The molecule has 0 saturated heterocycles. The predicted octanol–water partition coefficient (Wildman–Crippen LogP) is 4.20. The van der Waals surface area contributed by atoms with E-state index >= 15 is 0 Å². The number of nitrogens with one attached hydrogen (secondary N) is 1. The molecule has 0 bridgehead atoms. The van der Waals surface area contributed by atoms with E-state index in [1.807, 2.05) is 17.8 Å². The van der Waals surface area contributed by atoms with Gasteiger partial charge in [-0.1, -0.05) is 20.3 Å². The molecule has 1 aliphatic rings. The Kier molecular flexibility index (Phi) is 6.33. The van der Waals surface area contributed by atoms with Gasteiger partial charge in [0.05, 0.1) is 0 Å². The lowest BCUT2D eigenvalue weighted by atomic mass is 9.95. The number of anilines is 1. The summed E-state index contributed by atoms with van der Waals surface area (Å²) in [5, 5.41) is 3.72. The number of benzene rings is 1. The Labute approximate surface area is 138 Å². The Morgan fingerprint density at radius 1 is 1.45 bits per heavy atom. The summed E-state index contributed by atoms with van der Waals surface area (Å²) in [6.45, 7) is 7.12. The fourth-order valence-electron chi connectivity index (χ4n) is 3.05.